The van der Waals surface area contributed by atoms with E-state index in [0.29, 0.717) is 17.3 Å². The van der Waals surface area contributed by atoms with Crippen molar-refractivity contribution in [1.82, 2.24) is 14.9 Å². The zero-order valence-corrected chi connectivity index (χ0v) is 11.9. The summed E-state index contributed by atoms with van der Waals surface area (Å²) in [4.78, 5) is 21.4. The fraction of sp³-hybridized carbons (Fsp3) is 0.429. The molecule has 1 aromatic carbocycles. The highest BCUT2D eigenvalue weighted by Crippen LogP contribution is 2.26. The van der Waals surface area contributed by atoms with Crippen molar-refractivity contribution >= 4 is 34.2 Å². The van der Waals surface area contributed by atoms with E-state index >= 15 is 0 Å². The molecule has 2 heterocycles. The fourth-order valence-corrected chi connectivity index (χ4v) is 2.77. The summed E-state index contributed by atoms with van der Waals surface area (Å²) in [6.07, 6.45) is 5.22. The molecule has 0 saturated carbocycles. The van der Waals surface area contributed by atoms with Gasteiger partial charge in [-0.05, 0) is 38.1 Å². The van der Waals surface area contributed by atoms with Crippen molar-refractivity contribution in [2.45, 2.75) is 19.3 Å². The van der Waals surface area contributed by atoms with Gasteiger partial charge < -0.3 is 10.3 Å². The number of piperidine rings is 1. The van der Waals surface area contributed by atoms with E-state index in [4.69, 9.17) is 11.6 Å². The van der Waals surface area contributed by atoms with Crippen LogP contribution in [0, 0.1) is 0 Å². The number of benzene rings is 1. The molecule has 5 nitrogen and oxygen atoms in total. The van der Waals surface area contributed by atoms with Crippen LogP contribution in [0.2, 0.25) is 5.02 Å². The maximum atomic E-state index is 12.1. The molecule has 0 aliphatic carbocycles. The number of carbonyl (C=O) groups is 1. The quantitative estimate of drug-likeness (QED) is 0.914. The number of likely N-dealkylation sites (tertiary alicyclic amines) is 1. The molecule has 1 fully saturated rings. The molecule has 0 radical (unpaired) electrons. The van der Waals surface area contributed by atoms with Gasteiger partial charge in [-0.1, -0.05) is 18.0 Å². The van der Waals surface area contributed by atoms with Crippen molar-refractivity contribution in [3.05, 3.63) is 23.5 Å². The molecule has 106 valence electrons. The molecule has 3 rings (SSSR count). The summed E-state index contributed by atoms with van der Waals surface area (Å²) in [6, 6.07) is 3.57. The van der Waals surface area contributed by atoms with Gasteiger partial charge in [0.2, 0.25) is 5.91 Å². The lowest BCUT2D eigenvalue weighted by Crippen LogP contribution is -2.36. The summed E-state index contributed by atoms with van der Waals surface area (Å²) in [5.41, 5.74) is 2.28. The van der Waals surface area contributed by atoms with Gasteiger partial charge in [0.25, 0.3) is 0 Å². The minimum atomic E-state index is -0.0244. The minimum absolute atomic E-state index is 0.0244. The number of anilines is 1. The van der Waals surface area contributed by atoms with E-state index in [1.165, 1.54) is 19.3 Å². The summed E-state index contributed by atoms with van der Waals surface area (Å²) < 4.78 is 0. The van der Waals surface area contributed by atoms with Gasteiger partial charge in [-0.25, -0.2) is 4.98 Å². The van der Waals surface area contributed by atoms with Gasteiger partial charge >= 0.3 is 0 Å². The number of hydrogen-bond donors (Lipinski definition) is 2. The average molecular weight is 293 g/mol. The summed E-state index contributed by atoms with van der Waals surface area (Å²) >= 11 is 6.17. The maximum absolute atomic E-state index is 12.1. The van der Waals surface area contributed by atoms with Crippen LogP contribution in [0.1, 0.15) is 19.3 Å². The Kier molecular flexibility index (Phi) is 3.89. The SMILES string of the molecule is O=C(CN1CCCCC1)Nc1cc2nc[nH]c2cc1Cl. The summed E-state index contributed by atoms with van der Waals surface area (Å²) in [5, 5.41) is 3.39. The smallest absolute Gasteiger partial charge is 0.238 e. The second kappa shape index (κ2) is 5.81. The van der Waals surface area contributed by atoms with Crippen molar-refractivity contribution in [3.63, 3.8) is 0 Å². The predicted octanol–water partition coefficient (Wildman–Crippen LogP) is 2.64. The number of fused-ring (bicyclic) bond motifs is 1. The van der Waals surface area contributed by atoms with Crippen LogP contribution in [-0.2, 0) is 4.79 Å². The summed E-state index contributed by atoms with van der Waals surface area (Å²) in [5.74, 6) is -0.0244. The lowest BCUT2D eigenvalue weighted by molar-refractivity contribution is -0.117. The predicted molar refractivity (Wildman–Crippen MR) is 80.0 cm³/mol. The zero-order chi connectivity index (χ0) is 13.9. The number of H-pyrrole nitrogens is 1. The van der Waals surface area contributed by atoms with E-state index in [2.05, 4.69) is 20.2 Å². The van der Waals surface area contributed by atoms with E-state index in [1.54, 1.807) is 18.5 Å². The Morgan fingerprint density at radius 2 is 2.15 bits per heavy atom. The number of amides is 1. The first kappa shape index (κ1) is 13.4. The molecule has 0 unspecified atom stereocenters. The monoisotopic (exact) mass is 292 g/mol. The average Bonchev–Trinajstić information content (AvgIpc) is 2.87. The Morgan fingerprint density at radius 3 is 2.95 bits per heavy atom. The van der Waals surface area contributed by atoms with Crippen molar-refractivity contribution in [1.29, 1.82) is 0 Å². The summed E-state index contributed by atoms with van der Waals surface area (Å²) in [7, 11) is 0. The fourth-order valence-electron chi connectivity index (χ4n) is 2.56. The largest absolute Gasteiger partial charge is 0.345 e. The Morgan fingerprint density at radius 1 is 1.35 bits per heavy atom. The minimum Gasteiger partial charge on any atom is -0.345 e. The zero-order valence-electron chi connectivity index (χ0n) is 11.2. The van der Waals surface area contributed by atoms with E-state index in [-0.39, 0.29) is 5.91 Å². The second-order valence-corrected chi connectivity index (χ2v) is 5.54. The Labute approximate surface area is 122 Å². The second-order valence-electron chi connectivity index (χ2n) is 5.14. The molecule has 1 saturated heterocycles. The van der Waals surface area contributed by atoms with E-state index in [1.807, 2.05) is 0 Å². The van der Waals surface area contributed by atoms with Crippen LogP contribution in [0.4, 0.5) is 5.69 Å². The lowest BCUT2D eigenvalue weighted by atomic mass is 10.1. The van der Waals surface area contributed by atoms with Crippen molar-refractivity contribution in [3.8, 4) is 0 Å². The lowest BCUT2D eigenvalue weighted by Gasteiger charge is -2.25. The first-order valence-electron chi connectivity index (χ1n) is 6.87. The van der Waals surface area contributed by atoms with Gasteiger partial charge in [0.05, 0.1) is 34.6 Å². The van der Waals surface area contributed by atoms with Crippen LogP contribution in [0.15, 0.2) is 18.5 Å². The molecule has 0 bridgehead atoms. The molecule has 1 aliphatic rings. The van der Waals surface area contributed by atoms with Gasteiger partial charge in [0.1, 0.15) is 0 Å². The molecule has 1 aliphatic heterocycles. The first-order chi connectivity index (χ1) is 9.72. The molecule has 6 heteroatoms. The highest BCUT2D eigenvalue weighted by atomic mass is 35.5. The Bertz CT molecular complexity index is 619. The van der Waals surface area contributed by atoms with Crippen LogP contribution in [0.3, 0.4) is 0 Å². The highest BCUT2D eigenvalue weighted by Gasteiger charge is 2.15. The molecular formula is C14H17ClN4O. The molecule has 20 heavy (non-hydrogen) atoms. The van der Waals surface area contributed by atoms with Crippen molar-refractivity contribution in [2.75, 3.05) is 25.0 Å². The van der Waals surface area contributed by atoms with Crippen LogP contribution >= 0.6 is 11.6 Å². The third kappa shape index (κ3) is 2.94. The van der Waals surface area contributed by atoms with Crippen LogP contribution < -0.4 is 5.32 Å². The van der Waals surface area contributed by atoms with Gasteiger partial charge in [0, 0.05) is 0 Å². The third-order valence-corrected chi connectivity index (χ3v) is 3.91. The molecule has 0 atom stereocenters. The Hall–Kier alpha value is -1.59. The van der Waals surface area contributed by atoms with E-state index in [9.17, 15) is 4.79 Å². The topological polar surface area (TPSA) is 61.0 Å². The number of imidazole rings is 1. The first-order valence-corrected chi connectivity index (χ1v) is 7.25. The summed E-state index contributed by atoms with van der Waals surface area (Å²) in [6.45, 7) is 2.42. The van der Waals surface area contributed by atoms with Crippen LogP contribution in [-0.4, -0.2) is 40.4 Å². The van der Waals surface area contributed by atoms with Crippen LogP contribution in [0.5, 0.6) is 0 Å². The molecule has 2 N–H and O–H groups in total. The van der Waals surface area contributed by atoms with Gasteiger partial charge in [-0.15, -0.1) is 0 Å². The third-order valence-electron chi connectivity index (χ3n) is 3.60. The van der Waals surface area contributed by atoms with Gasteiger partial charge in [0.15, 0.2) is 0 Å². The molecule has 1 amide bonds. The maximum Gasteiger partial charge on any atom is 0.238 e. The standard InChI is InChI=1S/C14H17ClN4O/c15-10-6-12-13(17-9-16-12)7-11(10)18-14(20)8-19-4-2-1-3-5-19/h6-7,9H,1-5,8H2,(H,16,17)(H,18,20). The van der Waals surface area contributed by atoms with Gasteiger partial charge in [-0.2, -0.15) is 0 Å². The molecule has 1 aromatic heterocycles. The number of halogens is 1. The molecular weight excluding hydrogens is 276 g/mol. The number of aromatic nitrogens is 2. The molecule has 2 aromatic rings. The number of hydrogen-bond acceptors (Lipinski definition) is 3. The molecule has 0 spiro atoms. The van der Waals surface area contributed by atoms with Crippen LogP contribution in [0.25, 0.3) is 11.0 Å². The highest BCUT2D eigenvalue weighted by molar-refractivity contribution is 6.34. The van der Waals surface area contributed by atoms with E-state index in [0.717, 1.165) is 24.1 Å². The number of nitrogens with zero attached hydrogens (tertiary/aromatic N) is 2. The number of carbonyl (C=O) groups excluding carboxylic acids is 1. The van der Waals surface area contributed by atoms with E-state index < -0.39 is 0 Å². The van der Waals surface area contributed by atoms with Crippen molar-refractivity contribution in [2.24, 2.45) is 0 Å². The Balaban J connectivity index is 1.68. The normalized spacial score (nSPS) is 16.4. The van der Waals surface area contributed by atoms with Gasteiger partial charge in [-0.3, -0.25) is 9.69 Å². The van der Waals surface area contributed by atoms with Crippen molar-refractivity contribution < 1.29 is 4.79 Å². The number of aromatic amines is 1. The number of rotatable bonds is 3. The number of nitrogens with one attached hydrogen (secondary N) is 2.